The largest absolute Gasteiger partial charge is 0.384 e. The molecule has 0 aromatic carbocycles. The van der Waals surface area contributed by atoms with Crippen LogP contribution < -0.4 is 5.73 Å². The highest BCUT2D eigenvalue weighted by Gasteiger charge is 2.72. The van der Waals surface area contributed by atoms with Gasteiger partial charge in [0.05, 0.1) is 12.0 Å². The highest BCUT2D eigenvalue weighted by Crippen LogP contribution is 2.65. The van der Waals surface area contributed by atoms with E-state index in [1.54, 1.807) is 7.11 Å². The first-order chi connectivity index (χ1) is 8.51. The summed E-state index contributed by atoms with van der Waals surface area (Å²) in [4.78, 5) is 2.23. The van der Waals surface area contributed by atoms with E-state index in [0.29, 0.717) is 18.4 Å². The smallest absolute Gasteiger partial charge is 0.255 e. The number of nitrogens with zero attached hydrogens (tertiary/aromatic N) is 1. The minimum atomic E-state index is -2.38. The topological polar surface area (TPSA) is 38.5 Å². The number of hydrogen-bond acceptors (Lipinski definition) is 3. The maximum Gasteiger partial charge on any atom is 0.255 e. The summed E-state index contributed by atoms with van der Waals surface area (Å²) in [6, 6.07) is 0. The monoisotopic (exact) mass is 262 g/mol. The molecule has 2 saturated carbocycles. The minimum absolute atomic E-state index is 0.119. The van der Waals surface area contributed by atoms with Crippen LogP contribution in [0.1, 0.15) is 25.7 Å². The highest BCUT2D eigenvalue weighted by atomic mass is 19.3. The van der Waals surface area contributed by atoms with E-state index in [9.17, 15) is 8.78 Å². The van der Waals surface area contributed by atoms with E-state index >= 15 is 0 Å². The average molecular weight is 262 g/mol. The molecule has 18 heavy (non-hydrogen) atoms. The van der Waals surface area contributed by atoms with Crippen molar-refractivity contribution in [2.24, 2.45) is 16.6 Å². The lowest BCUT2D eigenvalue weighted by molar-refractivity contribution is 0.0629. The lowest BCUT2D eigenvalue weighted by Crippen LogP contribution is -2.31. The molecule has 3 rings (SSSR count). The Morgan fingerprint density at radius 3 is 2.22 bits per heavy atom. The van der Waals surface area contributed by atoms with E-state index in [1.165, 1.54) is 19.9 Å². The Hall–Kier alpha value is -0.260. The van der Waals surface area contributed by atoms with Crippen molar-refractivity contribution in [1.82, 2.24) is 4.90 Å². The Labute approximate surface area is 108 Å². The van der Waals surface area contributed by atoms with Crippen LogP contribution in [0.3, 0.4) is 0 Å². The van der Waals surface area contributed by atoms with Gasteiger partial charge < -0.3 is 15.4 Å². The van der Waals surface area contributed by atoms with Crippen LogP contribution in [0.4, 0.5) is 8.78 Å². The van der Waals surface area contributed by atoms with E-state index in [1.807, 2.05) is 0 Å². The molecule has 3 nitrogen and oxygen atoms in total. The van der Waals surface area contributed by atoms with Crippen LogP contribution in [0.5, 0.6) is 0 Å². The number of methoxy groups -OCH3 is 1. The Kier molecular flexibility index (Phi) is 3.69. The number of hydrogen-bond donors (Lipinski definition) is 1. The number of halogens is 2. The van der Waals surface area contributed by atoms with Crippen molar-refractivity contribution in [3.8, 4) is 0 Å². The third-order valence-corrected chi connectivity index (χ3v) is 4.61. The maximum atomic E-state index is 13.2. The second-order valence-corrected chi connectivity index (χ2v) is 6.06. The van der Waals surface area contributed by atoms with Crippen molar-refractivity contribution < 1.29 is 13.5 Å². The molecule has 106 valence electrons. The molecule has 1 atom stereocenters. The highest BCUT2D eigenvalue weighted by molar-refractivity contribution is 5.15. The predicted molar refractivity (Wildman–Crippen MR) is 66.7 cm³/mol. The maximum absolute atomic E-state index is 13.2. The third-order valence-electron chi connectivity index (χ3n) is 4.61. The zero-order chi connectivity index (χ0) is 13.4. The Morgan fingerprint density at radius 2 is 1.83 bits per heavy atom. The molecule has 2 aliphatic carbocycles. The number of nitrogens with two attached hydrogens (primary N) is 1. The van der Waals surface area contributed by atoms with E-state index in [0.717, 1.165) is 19.7 Å². The number of ether oxygens (including phenoxy) is 1. The minimum Gasteiger partial charge on any atom is -0.384 e. The first kappa shape index (κ1) is 14.2. The molecule has 2 N–H and O–H groups in total. The second kappa shape index (κ2) is 4.69. The van der Waals surface area contributed by atoms with Crippen molar-refractivity contribution in [2.45, 2.75) is 31.6 Å². The van der Waals surface area contributed by atoms with Crippen LogP contribution in [-0.2, 0) is 4.74 Å². The molecule has 3 fully saturated rings. The van der Waals surface area contributed by atoms with Crippen LogP contribution in [-0.4, -0.2) is 51.2 Å². The van der Waals surface area contributed by atoms with Crippen molar-refractivity contribution in [2.75, 3.05) is 40.4 Å². The predicted octanol–water partition coefficient (Wildman–Crippen LogP) is 1.72. The van der Waals surface area contributed by atoms with Crippen molar-refractivity contribution in [1.29, 1.82) is 0 Å². The van der Waals surface area contributed by atoms with Crippen LogP contribution in [0.15, 0.2) is 0 Å². The van der Waals surface area contributed by atoms with Crippen LogP contribution >= 0.6 is 0 Å². The molecular formula is C13H24F2N2O. The molecule has 0 radical (unpaired) electrons. The van der Waals surface area contributed by atoms with Crippen LogP contribution in [0.2, 0.25) is 0 Å². The summed E-state index contributed by atoms with van der Waals surface area (Å²) in [5, 5.41) is 0. The molecule has 1 unspecified atom stereocenters. The number of alkyl halides is 2. The fourth-order valence-corrected chi connectivity index (χ4v) is 3.22. The fourth-order valence-electron chi connectivity index (χ4n) is 3.22. The van der Waals surface area contributed by atoms with Gasteiger partial charge in [-0.25, -0.2) is 8.78 Å². The second-order valence-electron chi connectivity index (χ2n) is 6.06. The number of likely N-dealkylation sites (tertiary alicyclic amines) is 1. The molecule has 1 saturated heterocycles. The summed E-state index contributed by atoms with van der Waals surface area (Å²) >= 11 is 0. The van der Waals surface area contributed by atoms with Gasteiger partial charge >= 0.3 is 0 Å². The number of rotatable bonds is 4. The molecule has 0 amide bonds. The van der Waals surface area contributed by atoms with Gasteiger partial charge in [-0.2, -0.15) is 0 Å². The first-order valence-corrected chi connectivity index (χ1v) is 6.68. The normalized spacial score (nSPS) is 35.2. The van der Waals surface area contributed by atoms with E-state index in [4.69, 9.17) is 4.74 Å². The first-order valence-electron chi connectivity index (χ1n) is 6.68. The van der Waals surface area contributed by atoms with Gasteiger partial charge in [-0.05, 0) is 32.9 Å². The molecule has 1 aliphatic heterocycles. The Morgan fingerprint density at radius 1 is 1.22 bits per heavy atom. The van der Waals surface area contributed by atoms with E-state index in [-0.39, 0.29) is 6.42 Å². The molecule has 0 bridgehead atoms. The van der Waals surface area contributed by atoms with Gasteiger partial charge in [0.1, 0.15) is 0 Å². The molecule has 1 spiro atoms. The lowest BCUT2D eigenvalue weighted by Gasteiger charge is -2.22. The van der Waals surface area contributed by atoms with Crippen LogP contribution in [0.25, 0.3) is 0 Å². The lowest BCUT2D eigenvalue weighted by atomic mass is 10.1. The molecule has 0 aromatic rings. The quantitative estimate of drug-likeness (QED) is 0.838. The summed E-state index contributed by atoms with van der Waals surface area (Å²) in [6.07, 6.45) is 3.19. The van der Waals surface area contributed by atoms with Gasteiger partial charge in [0.25, 0.3) is 5.92 Å². The summed E-state index contributed by atoms with van der Waals surface area (Å²) in [6.45, 7) is 3.19. The summed E-state index contributed by atoms with van der Waals surface area (Å²) < 4.78 is 31.6. The summed E-state index contributed by atoms with van der Waals surface area (Å²) in [5.74, 6) is -2.38. The Bertz CT molecular complexity index is 307. The van der Waals surface area contributed by atoms with Gasteiger partial charge in [0, 0.05) is 32.0 Å². The van der Waals surface area contributed by atoms with Crippen molar-refractivity contribution in [3.05, 3.63) is 0 Å². The molecule has 0 aromatic heterocycles. The average Bonchev–Trinajstić information content (AvgIpc) is 3.12. The van der Waals surface area contributed by atoms with Gasteiger partial charge in [-0.1, -0.05) is 0 Å². The standard InChI is InChI=1S/C12H19F2NO.CH5N/c1-16-9-10(2-3-10)7-15-5-4-11(8-15)6-12(11,13)14;1-2/h2-9H2,1H3;2H2,1H3. The molecular weight excluding hydrogens is 238 g/mol. The van der Waals surface area contributed by atoms with Gasteiger partial charge in [-0.3, -0.25) is 0 Å². The summed E-state index contributed by atoms with van der Waals surface area (Å²) in [5.41, 5.74) is 4.15. The zero-order valence-electron chi connectivity index (χ0n) is 11.3. The van der Waals surface area contributed by atoms with Gasteiger partial charge in [-0.15, -0.1) is 0 Å². The van der Waals surface area contributed by atoms with Crippen molar-refractivity contribution in [3.63, 3.8) is 0 Å². The molecule has 5 heteroatoms. The van der Waals surface area contributed by atoms with Crippen molar-refractivity contribution >= 4 is 0 Å². The van der Waals surface area contributed by atoms with E-state index < -0.39 is 11.3 Å². The molecule has 1 heterocycles. The Balaban J connectivity index is 0.000000574. The summed E-state index contributed by atoms with van der Waals surface area (Å²) in [7, 11) is 3.22. The molecule has 3 aliphatic rings. The van der Waals surface area contributed by atoms with E-state index in [2.05, 4.69) is 10.6 Å². The fraction of sp³-hybridized carbons (Fsp3) is 1.00. The van der Waals surface area contributed by atoms with Gasteiger partial charge in [0.15, 0.2) is 0 Å². The third kappa shape index (κ3) is 2.40. The SMILES string of the molecule is CN.COCC1(CN2CCC3(C2)CC3(F)F)CC1. The zero-order valence-corrected chi connectivity index (χ0v) is 11.3. The van der Waals surface area contributed by atoms with Crippen LogP contribution in [0, 0.1) is 10.8 Å². The van der Waals surface area contributed by atoms with Gasteiger partial charge in [0.2, 0.25) is 0 Å².